The van der Waals surface area contributed by atoms with Gasteiger partial charge in [-0.1, -0.05) is 25.1 Å². The van der Waals surface area contributed by atoms with E-state index in [-0.39, 0.29) is 6.04 Å². The smallest absolute Gasteiger partial charge is 0.0670 e. The average molecular weight is 234 g/mol. The fraction of sp³-hybridized carbons (Fsp3) is 0.571. The van der Waals surface area contributed by atoms with Gasteiger partial charge in [0.25, 0.3) is 0 Å². The van der Waals surface area contributed by atoms with Crippen LogP contribution in [0.4, 0.5) is 5.69 Å². The van der Waals surface area contributed by atoms with E-state index in [1.54, 1.807) is 0 Å². The number of para-hydroxylation sites is 1. The maximum absolute atomic E-state index is 6.17. The van der Waals surface area contributed by atoms with Gasteiger partial charge in [0.1, 0.15) is 0 Å². The quantitative estimate of drug-likeness (QED) is 0.869. The Kier molecular flexibility index (Phi) is 4.02. The molecule has 1 aromatic carbocycles. The summed E-state index contributed by atoms with van der Waals surface area (Å²) in [6, 6.07) is 9.04. The molecule has 0 amide bonds. The highest BCUT2D eigenvalue weighted by Gasteiger charge is 2.22. The van der Waals surface area contributed by atoms with Crippen molar-refractivity contribution in [2.24, 2.45) is 5.73 Å². The highest BCUT2D eigenvalue weighted by atomic mass is 16.5. The van der Waals surface area contributed by atoms with Crippen LogP contribution in [0, 0.1) is 0 Å². The summed E-state index contributed by atoms with van der Waals surface area (Å²) in [5.41, 5.74) is 8.66. The predicted octanol–water partition coefficient (Wildman–Crippen LogP) is 2.32. The van der Waals surface area contributed by atoms with Gasteiger partial charge in [0.2, 0.25) is 0 Å². The molecule has 1 fully saturated rings. The van der Waals surface area contributed by atoms with Crippen LogP contribution in [-0.4, -0.2) is 26.3 Å². The second-order valence-corrected chi connectivity index (χ2v) is 4.70. The number of anilines is 1. The van der Waals surface area contributed by atoms with Gasteiger partial charge in [-0.15, -0.1) is 0 Å². The van der Waals surface area contributed by atoms with Crippen molar-refractivity contribution in [3.8, 4) is 0 Å². The minimum atomic E-state index is 0.121. The van der Waals surface area contributed by atoms with Crippen molar-refractivity contribution in [3.05, 3.63) is 29.8 Å². The Morgan fingerprint density at radius 2 is 2.24 bits per heavy atom. The van der Waals surface area contributed by atoms with Crippen LogP contribution in [0.3, 0.4) is 0 Å². The van der Waals surface area contributed by atoms with Crippen molar-refractivity contribution < 1.29 is 4.74 Å². The molecule has 0 spiro atoms. The lowest BCUT2D eigenvalue weighted by Gasteiger charge is -2.29. The first-order valence-corrected chi connectivity index (χ1v) is 6.39. The van der Waals surface area contributed by atoms with Crippen LogP contribution in [0.2, 0.25) is 0 Å². The number of benzene rings is 1. The summed E-state index contributed by atoms with van der Waals surface area (Å²) in [6.07, 6.45) is 2.07. The van der Waals surface area contributed by atoms with E-state index < -0.39 is 0 Å². The number of nitrogens with two attached hydrogens (primary N) is 1. The Morgan fingerprint density at radius 1 is 1.47 bits per heavy atom. The Morgan fingerprint density at radius 3 is 2.88 bits per heavy atom. The number of likely N-dealkylation sites (N-methyl/N-ethyl adjacent to an activating group) is 1. The van der Waals surface area contributed by atoms with Crippen LogP contribution in [0.15, 0.2) is 24.3 Å². The molecule has 2 atom stereocenters. The molecule has 17 heavy (non-hydrogen) atoms. The molecule has 0 aromatic heterocycles. The Labute approximate surface area is 104 Å². The molecule has 2 unspecified atom stereocenters. The predicted molar refractivity (Wildman–Crippen MR) is 71.3 cm³/mol. The number of rotatable bonds is 4. The van der Waals surface area contributed by atoms with Crippen LogP contribution in [0.5, 0.6) is 0 Å². The lowest BCUT2D eigenvalue weighted by Crippen LogP contribution is -2.33. The molecule has 1 aliphatic heterocycles. The molecule has 2 rings (SSSR count). The molecule has 1 aliphatic rings. The van der Waals surface area contributed by atoms with Crippen molar-refractivity contribution >= 4 is 5.69 Å². The number of ether oxygens (including phenoxy) is 1. The van der Waals surface area contributed by atoms with Crippen molar-refractivity contribution in [2.75, 3.05) is 25.2 Å². The molecule has 3 nitrogen and oxygen atoms in total. The van der Waals surface area contributed by atoms with Crippen LogP contribution in [0.25, 0.3) is 0 Å². The van der Waals surface area contributed by atoms with Gasteiger partial charge in [0.15, 0.2) is 0 Å². The third-order valence-corrected chi connectivity index (χ3v) is 3.61. The first kappa shape index (κ1) is 12.4. The van der Waals surface area contributed by atoms with Gasteiger partial charge in [0, 0.05) is 25.4 Å². The summed E-state index contributed by atoms with van der Waals surface area (Å²) >= 11 is 0. The van der Waals surface area contributed by atoms with Crippen molar-refractivity contribution in [2.45, 2.75) is 31.8 Å². The summed E-state index contributed by atoms with van der Waals surface area (Å²) in [5, 5.41) is 0. The van der Waals surface area contributed by atoms with Crippen LogP contribution < -0.4 is 10.6 Å². The van der Waals surface area contributed by atoms with Gasteiger partial charge in [-0.2, -0.15) is 0 Å². The summed E-state index contributed by atoms with van der Waals surface area (Å²) in [5.74, 6) is 0. The van der Waals surface area contributed by atoms with Crippen LogP contribution in [0.1, 0.15) is 31.4 Å². The van der Waals surface area contributed by atoms with Crippen molar-refractivity contribution in [1.29, 1.82) is 0 Å². The second-order valence-electron chi connectivity index (χ2n) is 4.70. The molecular formula is C14H22N2O. The first-order chi connectivity index (χ1) is 8.24. The zero-order valence-electron chi connectivity index (χ0n) is 10.7. The SMILES string of the molecule is CCC(N)c1ccccc1N(C)C1CCOC1. The largest absolute Gasteiger partial charge is 0.379 e. The minimum absolute atomic E-state index is 0.121. The van der Waals surface area contributed by atoms with E-state index in [1.807, 2.05) is 0 Å². The summed E-state index contributed by atoms with van der Waals surface area (Å²) in [7, 11) is 2.14. The summed E-state index contributed by atoms with van der Waals surface area (Å²) < 4.78 is 5.45. The van der Waals surface area contributed by atoms with E-state index in [9.17, 15) is 0 Å². The van der Waals surface area contributed by atoms with Crippen LogP contribution >= 0.6 is 0 Å². The van der Waals surface area contributed by atoms with Gasteiger partial charge in [-0.25, -0.2) is 0 Å². The minimum Gasteiger partial charge on any atom is -0.379 e. The number of nitrogens with zero attached hydrogens (tertiary/aromatic N) is 1. The molecule has 0 aliphatic carbocycles. The van der Waals surface area contributed by atoms with E-state index in [0.717, 1.165) is 26.1 Å². The molecule has 2 N–H and O–H groups in total. The van der Waals surface area contributed by atoms with Crippen molar-refractivity contribution in [3.63, 3.8) is 0 Å². The zero-order valence-corrected chi connectivity index (χ0v) is 10.7. The lowest BCUT2D eigenvalue weighted by atomic mass is 10.0. The van der Waals surface area contributed by atoms with Gasteiger partial charge in [0.05, 0.1) is 12.6 Å². The van der Waals surface area contributed by atoms with E-state index in [4.69, 9.17) is 10.5 Å². The normalized spacial score (nSPS) is 21.5. The molecule has 1 saturated heterocycles. The summed E-state index contributed by atoms with van der Waals surface area (Å²) in [4.78, 5) is 2.32. The molecule has 94 valence electrons. The van der Waals surface area contributed by atoms with Gasteiger partial charge in [-0.3, -0.25) is 0 Å². The lowest BCUT2D eigenvalue weighted by molar-refractivity contribution is 0.193. The molecule has 1 aromatic rings. The third kappa shape index (κ3) is 2.61. The van der Waals surface area contributed by atoms with Gasteiger partial charge < -0.3 is 15.4 Å². The van der Waals surface area contributed by atoms with E-state index in [0.29, 0.717) is 6.04 Å². The van der Waals surface area contributed by atoms with Crippen molar-refractivity contribution in [1.82, 2.24) is 0 Å². The standard InChI is InChI=1S/C14H22N2O/c1-3-13(15)12-6-4-5-7-14(12)16(2)11-8-9-17-10-11/h4-7,11,13H,3,8-10,15H2,1-2H3. The summed E-state index contributed by atoms with van der Waals surface area (Å²) in [6.45, 7) is 3.82. The highest BCUT2D eigenvalue weighted by molar-refractivity contribution is 5.55. The fourth-order valence-corrected chi connectivity index (χ4v) is 2.37. The van der Waals surface area contributed by atoms with Gasteiger partial charge >= 0.3 is 0 Å². The first-order valence-electron chi connectivity index (χ1n) is 6.39. The maximum Gasteiger partial charge on any atom is 0.0670 e. The van der Waals surface area contributed by atoms with E-state index in [2.05, 4.69) is 43.1 Å². The van der Waals surface area contributed by atoms with E-state index >= 15 is 0 Å². The molecule has 3 heteroatoms. The average Bonchev–Trinajstić information content (AvgIpc) is 2.91. The van der Waals surface area contributed by atoms with E-state index in [1.165, 1.54) is 11.3 Å². The second kappa shape index (κ2) is 5.52. The molecule has 0 saturated carbocycles. The van der Waals surface area contributed by atoms with Crippen LogP contribution in [-0.2, 0) is 4.74 Å². The Hall–Kier alpha value is -1.06. The van der Waals surface area contributed by atoms with Gasteiger partial charge in [-0.05, 0) is 24.5 Å². The molecular weight excluding hydrogens is 212 g/mol. The number of hydrogen-bond donors (Lipinski definition) is 1. The maximum atomic E-state index is 6.17. The zero-order chi connectivity index (χ0) is 12.3. The Bertz CT molecular complexity index is 361. The molecule has 0 radical (unpaired) electrons. The topological polar surface area (TPSA) is 38.5 Å². The Balaban J connectivity index is 2.24. The highest BCUT2D eigenvalue weighted by Crippen LogP contribution is 2.28. The number of hydrogen-bond acceptors (Lipinski definition) is 3. The molecule has 1 heterocycles. The molecule has 0 bridgehead atoms. The monoisotopic (exact) mass is 234 g/mol. The third-order valence-electron chi connectivity index (χ3n) is 3.61. The fourth-order valence-electron chi connectivity index (χ4n) is 2.37.